The standard InChI is InChI=1S/C27H31BrN2O5S/c1-6-19-15-21(28)16-20(7-2)27(19)29-26(31)17-30(22-9-11-23(34-4)12-10-22)36(32,33)25-14-18(3)8-13-24(25)35-5/h8-16H,6-7,17H2,1-5H3,(H,29,31). The largest absolute Gasteiger partial charge is 0.497 e. The maximum atomic E-state index is 13.9. The third kappa shape index (κ3) is 6.02. The Bertz CT molecular complexity index is 1320. The highest BCUT2D eigenvalue weighted by Gasteiger charge is 2.30. The molecule has 9 heteroatoms. The van der Waals surface area contributed by atoms with Gasteiger partial charge >= 0.3 is 0 Å². The normalized spacial score (nSPS) is 11.2. The number of carbonyl (C=O) groups is 1. The Morgan fingerprint density at radius 1 is 0.944 bits per heavy atom. The summed E-state index contributed by atoms with van der Waals surface area (Å²) in [5.41, 5.74) is 3.73. The lowest BCUT2D eigenvalue weighted by atomic mass is 10.0. The van der Waals surface area contributed by atoms with Crippen LogP contribution in [0, 0.1) is 6.92 Å². The smallest absolute Gasteiger partial charge is 0.268 e. The van der Waals surface area contributed by atoms with Crippen LogP contribution in [0.2, 0.25) is 0 Å². The van der Waals surface area contributed by atoms with Crippen LogP contribution in [0.1, 0.15) is 30.5 Å². The Morgan fingerprint density at radius 2 is 1.56 bits per heavy atom. The number of amides is 1. The molecule has 1 N–H and O–H groups in total. The monoisotopic (exact) mass is 574 g/mol. The summed E-state index contributed by atoms with van der Waals surface area (Å²) in [7, 11) is -1.22. The molecule has 0 bridgehead atoms. The molecule has 0 unspecified atom stereocenters. The molecule has 3 rings (SSSR count). The molecule has 0 atom stereocenters. The lowest BCUT2D eigenvalue weighted by Gasteiger charge is -2.26. The summed E-state index contributed by atoms with van der Waals surface area (Å²) >= 11 is 3.53. The van der Waals surface area contributed by atoms with Gasteiger partial charge < -0.3 is 14.8 Å². The van der Waals surface area contributed by atoms with Crippen molar-refractivity contribution in [1.82, 2.24) is 0 Å². The van der Waals surface area contributed by atoms with Crippen LogP contribution in [-0.4, -0.2) is 35.1 Å². The Hall–Kier alpha value is -3.04. The lowest BCUT2D eigenvalue weighted by molar-refractivity contribution is -0.114. The Balaban J connectivity index is 2.06. The summed E-state index contributed by atoms with van der Waals surface area (Å²) in [6.07, 6.45) is 1.42. The maximum Gasteiger partial charge on any atom is 0.268 e. The van der Waals surface area contributed by atoms with Gasteiger partial charge in [0, 0.05) is 10.2 Å². The van der Waals surface area contributed by atoms with Crippen LogP contribution in [0.3, 0.4) is 0 Å². The molecule has 0 radical (unpaired) electrons. The predicted molar refractivity (Wildman–Crippen MR) is 147 cm³/mol. The summed E-state index contributed by atoms with van der Waals surface area (Å²) in [4.78, 5) is 13.3. The zero-order chi connectivity index (χ0) is 26.5. The minimum absolute atomic E-state index is 0.0132. The van der Waals surface area contributed by atoms with E-state index in [1.165, 1.54) is 14.2 Å². The van der Waals surface area contributed by atoms with E-state index < -0.39 is 22.5 Å². The number of aryl methyl sites for hydroxylation is 3. The number of hydrogen-bond donors (Lipinski definition) is 1. The zero-order valence-corrected chi connectivity index (χ0v) is 23.5. The van der Waals surface area contributed by atoms with Crippen molar-refractivity contribution in [2.24, 2.45) is 0 Å². The van der Waals surface area contributed by atoms with Gasteiger partial charge in [0.15, 0.2) is 0 Å². The SMILES string of the molecule is CCc1cc(Br)cc(CC)c1NC(=O)CN(c1ccc(OC)cc1)S(=O)(=O)c1cc(C)ccc1OC. The topological polar surface area (TPSA) is 84.9 Å². The molecule has 0 spiro atoms. The average Bonchev–Trinajstić information content (AvgIpc) is 2.87. The number of hydrogen-bond acceptors (Lipinski definition) is 5. The van der Waals surface area contributed by atoms with Gasteiger partial charge in [-0.05, 0) is 85.0 Å². The number of nitrogens with one attached hydrogen (secondary N) is 1. The molecule has 1 amide bonds. The van der Waals surface area contributed by atoms with Crippen molar-refractivity contribution >= 4 is 43.2 Å². The first-order valence-corrected chi connectivity index (χ1v) is 13.8. The fourth-order valence-electron chi connectivity index (χ4n) is 3.92. The third-order valence-corrected chi connectivity index (χ3v) is 8.08. The molecular formula is C27H31BrN2O5S. The zero-order valence-electron chi connectivity index (χ0n) is 21.1. The Kier molecular flexibility index (Phi) is 9.03. The first-order valence-electron chi connectivity index (χ1n) is 11.6. The molecule has 0 aliphatic rings. The summed E-state index contributed by atoms with van der Waals surface area (Å²) in [5, 5.41) is 2.97. The van der Waals surface area contributed by atoms with Gasteiger partial charge in [-0.15, -0.1) is 0 Å². The van der Waals surface area contributed by atoms with E-state index in [0.717, 1.165) is 25.5 Å². The van der Waals surface area contributed by atoms with Crippen LogP contribution < -0.4 is 19.1 Å². The fraction of sp³-hybridized carbons (Fsp3) is 0.296. The van der Waals surface area contributed by atoms with Crippen LogP contribution in [0.25, 0.3) is 0 Å². The number of benzene rings is 3. The van der Waals surface area contributed by atoms with E-state index in [1.54, 1.807) is 49.4 Å². The molecule has 192 valence electrons. The third-order valence-electron chi connectivity index (χ3n) is 5.83. The number of methoxy groups -OCH3 is 2. The van der Waals surface area contributed by atoms with E-state index in [0.29, 0.717) is 30.0 Å². The van der Waals surface area contributed by atoms with Gasteiger partial charge in [-0.3, -0.25) is 9.10 Å². The minimum Gasteiger partial charge on any atom is -0.497 e. The molecule has 7 nitrogen and oxygen atoms in total. The Labute approximate surface area is 221 Å². The first kappa shape index (κ1) is 27.5. The molecule has 0 aromatic heterocycles. The van der Waals surface area contributed by atoms with Crippen LogP contribution in [-0.2, 0) is 27.7 Å². The number of halogens is 1. The van der Waals surface area contributed by atoms with Crippen molar-refractivity contribution in [3.8, 4) is 11.5 Å². The van der Waals surface area contributed by atoms with Gasteiger partial charge in [0.2, 0.25) is 5.91 Å². The average molecular weight is 576 g/mol. The second-order valence-electron chi connectivity index (χ2n) is 8.22. The van der Waals surface area contributed by atoms with Crippen LogP contribution in [0.5, 0.6) is 11.5 Å². The van der Waals surface area contributed by atoms with Crippen LogP contribution in [0.4, 0.5) is 11.4 Å². The number of nitrogens with zero attached hydrogens (tertiary/aromatic N) is 1. The number of sulfonamides is 1. The van der Waals surface area contributed by atoms with Gasteiger partial charge in [0.05, 0.1) is 19.9 Å². The number of rotatable bonds is 10. The molecule has 0 saturated heterocycles. The van der Waals surface area contributed by atoms with Crippen molar-refractivity contribution in [2.45, 2.75) is 38.5 Å². The molecule has 36 heavy (non-hydrogen) atoms. The molecule has 0 aliphatic heterocycles. The summed E-state index contributed by atoms with van der Waals surface area (Å²) in [5.74, 6) is 0.324. The Morgan fingerprint density at radius 3 is 2.08 bits per heavy atom. The molecule has 0 fully saturated rings. The first-order chi connectivity index (χ1) is 17.1. The van der Waals surface area contributed by atoms with Gasteiger partial charge in [0.25, 0.3) is 10.0 Å². The van der Waals surface area contributed by atoms with Gasteiger partial charge in [-0.2, -0.15) is 0 Å². The highest BCUT2D eigenvalue weighted by molar-refractivity contribution is 9.10. The quantitative estimate of drug-likeness (QED) is 0.334. The van der Waals surface area contributed by atoms with Gasteiger partial charge in [0.1, 0.15) is 22.9 Å². The molecule has 3 aromatic carbocycles. The van der Waals surface area contributed by atoms with E-state index in [4.69, 9.17) is 9.47 Å². The molecular weight excluding hydrogens is 544 g/mol. The van der Waals surface area contributed by atoms with Crippen molar-refractivity contribution in [2.75, 3.05) is 30.4 Å². The fourth-order valence-corrected chi connectivity index (χ4v) is 6.14. The van der Waals surface area contributed by atoms with Crippen LogP contribution >= 0.6 is 15.9 Å². The maximum absolute atomic E-state index is 13.9. The molecule has 3 aromatic rings. The molecule has 0 aliphatic carbocycles. The second-order valence-corrected chi connectivity index (χ2v) is 11.0. The van der Waals surface area contributed by atoms with E-state index in [1.807, 2.05) is 26.0 Å². The molecule has 0 heterocycles. The van der Waals surface area contributed by atoms with E-state index >= 15 is 0 Å². The summed E-state index contributed by atoms with van der Waals surface area (Å²) < 4.78 is 40.5. The van der Waals surface area contributed by atoms with Gasteiger partial charge in [-0.25, -0.2) is 8.42 Å². The van der Waals surface area contributed by atoms with E-state index in [-0.39, 0.29) is 10.6 Å². The van der Waals surface area contributed by atoms with Gasteiger partial charge in [-0.1, -0.05) is 35.8 Å². The summed E-state index contributed by atoms with van der Waals surface area (Å²) in [6, 6.07) is 15.4. The number of anilines is 2. The van der Waals surface area contributed by atoms with E-state index in [2.05, 4.69) is 21.2 Å². The molecule has 0 saturated carbocycles. The number of ether oxygens (including phenoxy) is 2. The predicted octanol–water partition coefficient (Wildman–Crippen LogP) is 5.73. The van der Waals surface area contributed by atoms with E-state index in [9.17, 15) is 13.2 Å². The second kappa shape index (κ2) is 11.8. The number of carbonyl (C=O) groups excluding carboxylic acids is 1. The highest BCUT2D eigenvalue weighted by Crippen LogP contribution is 2.32. The van der Waals surface area contributed by atoms with Crippen molar-refractivity contribution in [3.05, 3.63) is 75.8 Å². The van der Waals surface area contributed by atoms with Crippen molar-refractivity contribution in [1.29, 1.82) is 0 Å². The summed E-state index contributed by atoms with van der Waals surface area (Å²) in [6.45, 7) is 5.40. The lowest BCUT2D eigenvalue weighted by Crippen LogP contribution is -2.38. The van der Waals surface area contributed by atoms with Crippen molar-refractivity contribution < 1.29 is 22.7 Å². The minimum atomic E-state index is -4.17. The highest BCUT2D eigenvalue weighted by atomic mass is 79.9. The van der Waals surface area contributed by atoms with Crippen molar-refractivity contribution in [3.63, 3.8) is 0 Å². The van der Waals surface area contributed by atoms with Crippen LogP contribution in [0.15, 0.2) is 64.0 Å².